The number of carbonyl (C=O) groups is 1. The Morgan fingerprint density at radius 3 is 2.23 bits per heavy atom. The van der Waals surface area contributed by atoms with Gasteiger partial charge in [0.05, 0.1) is 31.3 Å². The van der Waals surface area contributed by atoms with Crippen LogP contribution < -0.4 is 10.2 Å². The molecule has 0 unspecified atom stereocenters. The molecule has 1 aliphatic heterocycles. The molecule has 0 aromatic carbocycles. The molecule has 4 aliphatic carbocycles. The molecule has 140 valence electrons. The van der Waals surface area contributed by atoms with Crippen molar-refractivity contribution in [3.63, 3.8) is 0 Å². The van der Waals surface area contributed by atoms with Gasteiger partial charge in [-0.25, -0.2) is 9.97 Å². The van der Waals surface area contributed by atoms with E-state index in [1.807, 2.05) is 0 Å². The van der Waals surface area contributed by atoms with E-state index in [9.17, 15) is 4.79 Å². The Morgan fingerprint density at radius 2 is 1.65 bits per heavy atom. The highest BCUT2D eigenvalue weighted by Crippen LogP contribution is 2.61. The zero-order chi connectivity index (χ0) is 17.6. The average Bonchev–Trinajstić information content (AvgIpc) is 2.61. The normalized spacial score (nSPS) is 35.5. The van der Waals surface area contributed by atoms with Crippen LogP contribution in [-0.4, -0.2) is 42.2 Å². The number of hydrogen-bond donors (Lipinski definition) is 1. The third-order valence-electron chi connectivity index (χ3n) is 6.92. The molecule has 26 heavy (non-hydrogen) atoms. The Labute approximate surface area is 154 Å². The quantitative estimate of drug-likeness (QED) is 0.898. The second-order valence-corrected chi connectivity index (χ2v) is 9.01. The van der Waals surface area contributed by atoms with Crippen molar-refractivity contribution in [2.24, 2.45) is 23.2 Å². The van der Waals surface area contributed by atoms with E-state index in [0.29, 0.717) is 31.3 Å². The minimum Gasteiger partial charge on any atom is -0.378 e. The van der Waals surface area contributed by atoms with Crippen LogP contribution in [0.15, 0.2) is 12.4 Å². The zero-order valence-electron chi connectivity index (χ0n) is 15.3. The minimum absolute atomic E-state index is 0.134. The van der Waals surface area contributed by atoms with Crippen molar-refractivity contribution in [3.8, 4) is 0 Å². The lowest BCUT2D eigenvalue weighted by Crippen LogP contribution is -2.47. The van der Waals surface area contributed by atoms with Gasteiger partial charge in [0.2, 0.25) is 11.9 Å². The van der Waals surface area contributed by atoms with Crippen LogP contribution in [0.5, 0.6) is 0 Å². The molecule has 1 N–H and O–H groups in total. The van der Waals surface area contributed by atoms with Crippen molar-refractivity contribution in [1.29, 1.82) is 0 Å². The molecule has 5 aliphatic rings. The highest BCUT2D eigenvalue weighted by molar-refractivity contribution is 5.90. The maximum atomic E-state index is 12.7. The Kier molecular flexibility index (Phi) is 4.11. The van der Waals surface area contributed by atoms with Gasteiger partial charge in [0.1, 0.15) is 0 Å². The monoisotopic (exact) mass is 356 g/mol. The molecular formula is C20H28N4O2. The predicted molar refractivity (Wildman–Crippen MR) is 98.9 cm³/mol. The highest BCUT2D eigenvalue weighted by Gasteiger charge is 2.51. The lowest BCUT2D eigenvalue weighted by molar-refractivity contribution is -0.124. The number of nitrogens with one attached hydrogen (secondary N) is 1. The number of ether oxygens (including phenoxy) is 1. The lowest BCUT2D eigenvalue weighted by atomic mass is 9.49. The van der Waals surface area contributed by atoms with Crippen LogP contribution in [0.3, 0.4) is 0 Å². The number of carbonyl (C=O) groups excluding carboxylic acids is 1. The summed E-state index contributed by atoms with van der Waals surface area (Å²) in [6, 6.07) is 0. The number of anilines is 2. The molecule has 1 aromatic heterocycles. The van der Waals surface area contributed by atoms with E-state index < -0.39 is 0 Å². The fourth-order valence-corrected chi connectivity index (χ4v) is 6.36. The zero-order valence-corrected chi connectivity index (χ0v) is 15.3. The van der Waals surface area contributed by atoms with Crippen LogP contribution in [0.2, 0.25) is 0 Å². The standard InChI is InChI=1S/C20H28N4O2/c25-18(11-20-8-14-5-15(9-20)7-16(6-14)10-20)23-17-12-21-19(22-13-17)24-1-3-26-4-2-24/h12-16H,1-11H2,(H,23,25). The maximum Gasteiger partial charge on any atom is 0.225 e. The van der Waals surface area contributed by atoms with Crippen molar-refractivity contribution >= 4 is 17.5 Å². The van der Waals surface area contributed by atoms with Gasteiger partial charge in [-0.05, 0) is 61.7 Å². The van der Waals surface area contributed by atoms with Crippen molar-refractivity contribution in [2.75, 3.05) is 36.5 Å². The largest absolute Gasteiger partial charge is 0.378 e. The van der Waals surface area contributed by atoms with Gasteiger partial charge < -0.3 is 15.0 Å². The highest BCUT2D eigenvalue weighted by atomic mass is 16.5. The van der Waals surface area contributed by atoms with E-state index in [1.165, 1.54) is 38.5 Å². The molecule has 0 spiro atoms. The fourth-order valence-electron chi connectivity index (χ4n) is 6.36. The molecule has 0 radical (unpaired) electrons. The Hall–Kier alpha value is -1.69. The number of hydrogen-bond acceptors (Lipinski definition) is 5. The molecule has 6 nitrogen and oxygen atoms in total. The molecular weight excluding hydrogens is 328 g/mol. The summed E-state index contributed by atoms with van der Waals surface area (Å²) in [5, 5.41) is 3.04. The van der Waals surface area contributed by atoms with E-state index in [0.717, 1.165) is 30.8 Å². The number of aromatic nitrogens is 2. The molecule has 2 heterocycles. The van der Waals surface area contributed by atoms with Crippen LogP contribution in [0, 0.1) is 23.2 Å². The summed E-state index contributed by atoms with van der Waals surface area (Å²) in [6.07, 6.45) is 12.2. The minimum atomic E-state index is 0.134. The summed E-state index contributed by atoms with van der Waals surface area (Å²) in [5.74, 6) is 3.49. The van der Waals surface area contributed by atoms with Crippen molar-refractivity contribution < 1.29 is 9.53 Å². The summed E-state index contributed by atoms with van der Waals surface area (Å²) in [7, 11) is 0. The van der Waals surface area contributed by atoms with E-state index in [4.69, 9.17) is 4.74 Å². The molecule has 4 bridgehead atoms. The van der Waals surface area contributed by atoms with Crippen molar-refractivity contribution in [2.45, 2.75) is 44.9 Å². The second-order valence-electron chi connectivity index (χ2n) is 9.01. The SMILES string of the molecule is O=C(CC12CC3CC(CC(C3)C1)C2)Nc1cnc(N2CCOCC2)nc1. The van der Waals surface area contributed by atoms with E-state index in [1.54, 1.807) is 12.4 Å². The van der Waals surface area contributed by atoms with Crippen LogP contribution in [-0.2, 0) is 9.53 Å². The first-order valence-corrected chi connectivity index (χ1v) is 10.1. The van der Waals surface area contributed by atoms with Crippen LogP contribution >= 0.6 is 0 Å². The van der Waals surface area contributed by atoms with Crippen LogP contribution in [0.1, 0.15) is 44.9 Å². The maximum absolute atomic E-state index is 12.7. The number of morpholine rings is 1. The Balaban J connectivity index is 1.20. The first-order valence-electron chi connectivity index (χ1n) is 10.1. The number of amides is 1. The van der Waals surface area contributed by atoms with Crippen LogP contribution in [0.4, 0.5) is 11.6 Å². The molecule has 6 rings (SSSR count). The van der Waals surface area contributed by atoms with Gasteiger partial charge in [0, 0.05) is 19.5 Å². The third-order valence-corrected chi connectivity index (χ3v) is 6.92. The van der Waals surface area contributed by atoms with Crippen molar-refractivity contribution in [3.05, 3.63) is 12.4 Å². The first-order chi connectivity index (χ1) is 12.7. The van der Waals surface area contributed by atoms with Crippen molar-refractivity contribution in [1.82, 2.24) is 9.97 Å². The lowest BCUT2D eigenvalue weighted by Gasteiger charge is -2.56. The molecule has 1 aromatic rings. The van der Waals surface area contributed by atoms with Crippen LogP contribution in [0.25, 0.3) is 0 Å². The van der Waals surface area contributed by atoms with E-state index in [-0.39, 0.29) is 11.3 Å². The topological polar surface area (TPSA) is 67.4 Å². The molecule has 4 saturated carbocycles. The van der Waals surface area contributed by atoms with Gasteiger partial charge in [0.15, 0.2) is 0 Å². The smallest absolute Gasteiger partial charge is 0.225 e. The second kappa shape index (κ2) is 6.48. The molecule has 5 fully saturated rings. The number of nitrogens with zero attached hydrogens (tertiary/aromatic N) is 3. The summed E-state index contributed by atoms with van der Waals surface area (Å²) in [5.41, 5.74) is 0.977. The average molecular weight is 356 g/mol. The summed E-state index contributed by atoms with van der Waals surface area (Å²) in [6.45, 7) is 3.06. The number of rotatable bonds is 4. The van der Waals surface area contributed by atoms with Gasteiger partial charge in [-0.1, -0.05) is 0 Å². The van der Waals surface area contributed by atoms with Gasteiger partial charge >= 0.3 is 0 Å². The summed E-state index contributed by atoms with van der Waals surface area (Å²) < 4.78 is 5.36. The fraction of sp³-hybridized carbons (Fsp3) is 0.750. The Morgan fingerprint density at radius 1 is 1.08 bits per heavy atom. The molecule has 6 heteroatoms. The Bertz CT molecular complexity index is 634. The summed E-state index contributed by atoms with van der Waals surface area (Å²) >= 11 is 0. The van der Waals surface area contributed by atoms with E-state index >= 15 is 0 Å². The van der Waals surface area contributed by atoms with Gasteiger partial charge in [0.25, 0.3) is 0 Å². The molecule has 1 saturated heterocycles. The first kappa shape index (κ1) is 16.5. The van der Waals surface area contributed by atoms with Gasteiger partial charge in [-0.15, -0.1) is 0 Å². The molecule has 0 atom stereocenters. The predicted octanol–water partition coefficient (Wildman–Crippen LogP) is 2.86. The van der Waals surface area contributed by atoms with Gasteiger partial charge in [-0.3, -0.25) is 4.79 Å². The summed E-state index contributed by atoms with van der Waals surface area (Å²) in [4.78, 5) is 23.7. The van der Waals surface area contributed by atoms with E-state index in [2.05, 4.69) is 20.2 Å². The molecule has 1 amide bonds. The third kappa shape index (κ3) is 3.20. The van der Waals surface area contributed by atoms with Gasteiger partial charge in [-0.2, -0.15) is 0 Å².